The van der Waals surface area contributed by atoms with Crippen LogP contribution >= 0.6 is 0 Å². The van der Waals surface area contributed by atoms with Crippen molar-refractivity contribution in [2.45, 2.75) is 58.0 Å². The van der Waals surface area contributed by atoms with Crippen LogP contribution in [0.5, 0.6) is 0 Å². The van der Waals surface area contributed by atoms with E-state index in [9.17, 15) is 4.79 Å². The van der Waals surface area contributed by atoms with Crippen molar-refractivity contribution in [1.29, 1.82) is 0 Å². The predicted molar refractivity (Wildman–Crippen MR) is 58.2 cm³/mol. The minimum Gasteiger partial charge on any atom is -0.481 e. The predicted octanol–water partition coefficient (Wildman–Crippen LogP) is 1.68. The highest BCUT2D eigenvalue weighted by Gasteiger charge is 2.51. The molecule has 4 heteroatoms. The first-order valence-electron chi connectivity index (χ1n) is 6.02. The van der Waals surface area contributed by atoms with Gasteiger partial charge in [0.05, 0.1) is 30.3 Å². The van der Waals surface area contributed by atoms with E-state index in [0.29, 0.717) is 12.3 Å². The van der Waals surface area contributed by atoms with Crippen LogP contribution < -0.4 is 0 Å². The molecular formula is C12H20O4. The third-order valence-corrected chi connectivity index (χ3v) is 3.81. The molecule has 0 radical (unpaired) electrons. The molecule has 0 amide bonds. The summed E-state index contributed by atoms with van der Waals surface area (Å²) >= 11 is 0. The minimum absolute atomic E-state index is 0.00713. The van der Waals surface area contributed by atoms with Crippen LogP contribution in [-0.2, 0) is 14.3 Å². The van der Waals surface area contributed by atoms with E-state index in [4.69, 9.17) is 14.6 Å². The molecule has 2 fully saturated rings. The van der Waals surface area contributed by atoms with Gasteiger partial charge in [0.2, 0.25) is 0 Å². The van der Waals surface area contributed by atoms with Gasteiger partial charge in [-0.05, 0) is 19.3 Å². The summed E-state index contributed by atoms with van der Waals surface area (Å²) in [4.78, 5) is 10.9. The van der Waals surface area contributed by atoms with Crippen LogP contribution in [0.25, 0.3) is 0 Å². The van der Waals surface area contributed by atoms with E-state index in [1.807, 2.05) is 0 Å². The summed E-state index contributed by atoms with van der Waals surface area (Å²) in [7, 11) is 0. The number of carbonyl (C=O) groups is 1. The van der Waals surface area contributed by atoms with Crippen LogP contribution in [0.2, 0.25) is 0 Å². The van der Waals surface area contributed by atoms with Gasteiger partial charge in [-0.1, -0.05) is 13.8 Å². The zero-order chi connectivity index (χ0) is 11.9. The third-order valence-electron chi connectivity index (χ3n) is 3.81. The second-order valence-electron chi connectivity index (χ2n) is 5.25. The second kappa shape index (κ2) is 4.34. The summed E-state index contributed by atoms with van der Waals surface area (Å²) in [6.07, 6.45) is 1.50. The molecule has 2 aliphatic rings. The molecule has 0 aliphatic carbocycles. The molecule has 16 heavy (non-hydrogen) atoms. The molecule has 92 valence electrons. The van der Waals surface area contributed by atoms with Gasteiger partial charge in [0.15, 0.2) is 0 Å². The molecule has 0 aromatic rings. The molecule has 2 aliphatic heterocycles. The average molecular weight is 228 g/mol. The Hall–Kier alpha value is -0.610. The number of hydrogen-bond acceptors (Lipinski definition) is 3. The summed E-state index contributed by atoms with van der Waals surface area (Å²) in [6, 6.07) is 0. The molecule has 1 N–H and O–H groups in total. The SMILES string of the molecule is CC(C)[C@@H](C)OC1CC2OC1CC2C(=O)O. The first-order chi connectivity index (χ1) is 7.49. The smallest absolute Gasteiger partial charge is 0.309 e. The van der Waals surface area contributed by atoms with Crippen LogP contribution in [-0.4, -0.2) is 35.5 Å². The number of hydrogen-bond donors (Lipinski definition) is 1. The largest absolute Gasteiger partial charge is 0.481 e. The summed E-state index contributed by atoms with van der Waals surface area (Å²) in [5.41, 5.74) is 0. The molecular weight excluding hydrogens is 208 g/mol. The van der Waals surface area contributed by atoms with Gasteiger partial charge >= 0.3 is 5.97 Å². The van der Waals surface area contributed by atoms with Gasteiger partial charge in [0.25, 0.3) is 0 Å². The quantitative estimate of drug-likeness (QED) is 0.795. The Balaban J connectivity index is 1.88. The van der Waals surface area contributed by atoms with E-state index in [2.05, 4.69) is 20.8 Å². The third kappa shape index (κ3) is 2.09. The van der Waals surface area contributed by atoms with Gasteiger partial charge in [-0.25, -0.2) is 0 Å². The number of fused-ring (bicyclic) bond motifs is 2. The molecule has 0 aromatic carbocycles. The average Bonchev–Trinajstić information content (AvgIpc) is 2.75. The first-order valence-corrected chi connectivity index (χ1v) is 6.02. The molecule has 2 saturated heterocycles. The molecule has 4 nitrogen and oxygen atoms in total. The molecule has 2 bridgehead atoms. The first kappa shape index (κ1) is 11.9. The maximum Gasteiger partial charge on any atom is 0.309 e. The highest BCUT2D eigenvalue weighted by Crippen LogP contribution is 2.41. The topological polar surface area (TPSA) is 55.8 Å². The number of aliphatic carboxylic acids is 1. The second-order valence-corrected chi connectivity index (χ2v) is 5.25. The summed E-state index contributed by atoms with van der Waals surface area (Å²) in [6.45, 7) is 6.31. The van der Waals surface area contributed by atoms with E-state index in [1.54, 1.807) is 0 Å². The van der Waals surface area contributed by atoms with E-state index >= 15 is 0 Å². The van der Waals surface area contributed by atoms with Crippen molar-refractivity contribution < 1.29 is 19.4 Å². The van der Waals surface area contributed by atoms with Gasteiger partial charge < -0.3 is 14.6 Å². The Morgan fingerprint density at radius 3 is 2.44 bits per heavy atom. The summed E-state index contributed by atoms with van der Waals surface area (Å²) < 4.78 is 11.6. The number of rotatable bonds is 4. The van der Waals surface area contributed by atoms with Crippen molar-refractivity contribution in [2.75, 3.05) is 0 Å². The molecule has 2 rings (SSSR count). The standard InChI is InChI=1S/C12H20O4/c1-6(2)7(3)15-11-5-9-8(12(13)14)4-10(11)16-9/h6-11H,4-5H2,1-3H3,(H,13,14)/t7-,8?,9?,10?,11?/m1/s1. The van der Waals surface area contributed by atoms with Crippen LogP contribution in [0.4, 0.5) is 0 Å². The van der Waals surface area contributed by atoms with Crippen LogP contribution in [0, 0.1) is 11.8 Å². The fraction of sp³-hybridized carbons (Fsp3) is 0.917. The van der Waals surface area contributed by atoms with Gasteiger partial charge in [-0.15, -0.1) is 0 Å². The maximum atomic E-state index is 10.9. The Kier molecular flexibility index (Phi) is 3.22. The lowest BCUT2D eigenvalue weighted by Crippen LogP contribution is -2.36. The lowest BCUT2D eigenvalue weighted by molar-refractivity contribution is -0.143. The summed E-state index contributed by atoms with van der Waals surface area (Å²) in [5, 5.41) is 8.97. The Morgan fingerprint density at radius 1 is 1.31 bits per heavy atom. The Bertz CT molecular complexity index is 276. The van der Waals surface area contributed by atoms with Crippen molar-refractivity contribution in [2.24, 2.45) is 11.8 Å². The number of ether oxygens (including phenoxy) is 2. The normalized spacial score (nSPS) is 39.2. The van der Waals surface area contributed by atoms with Crippen LogP contribution in [0.3, 0.4) is 0 Å². The molecule has 0 saturated carbocycles. The van der Waals surface area contributed by atoms with Crippen molar-refractivity contribution in [1.82, 2.24) is 0 Å². The zero-order valence-corrected chi connectivity index (χ0v) is 10.1. The fourth-order valence-corrected chi connectivity index (χ4v) is 2.45. The Labute approximate surface area is 95.9 Å². The van der Waals surface area contributed by atoms with Crippen molar-refractivity contribution in [3.8, 4) is 0 Å². The van der Waals surface area contributed by atoms with E-state index < -0.39 is 5.97 Å². The fourth-order valence-electron chi connectivity index (χ4n) is 2.45. The minimum atomic E-state index is -0.733. The monoisotopic (exact) mass is 228 g/mol. The van der Waals surface area contributed by atoms with Crippen LogP contribution in [0.1, 0.15) is 33.6 Å². The highest BCUT2D eigenvalue weighted by atomic mass is 16.6. The lowest BCUT2D eigenvalue weighted by Gasteiger charge is -2.27. The van der Waals surface area contributed by atoms with E-state index in [1.165, 1.54) is 0 Å². The molecule has 0 spiro atoms. The van der Waals surface area contributed by atoms with E-state index in [-0.39, 0.29) is 30.3 Å². The lowest BCUT2D eigenvalue weighted by atomic mass is 9.87. The molecule has 5 atom stereocenters. The number of carboxylic acids is 1. The molecule has 2 heterocycles. The van der Waals surface area contributed by atoms with Crippen molar-refractivity contribution >= 4 is 5.97 Å². The van der Waals surface area contributed by atoms with Gasteiger partial charge in [-0.2, -0.15) is 0 Å². The Morgan fingerprint density at radius 2 is 2.00 bits per heavy atom. The zero-order valence-electron chi connectivity index (χ0n) is 10.1. The highest BCUT2D eigenvalue weighted by molar-refractivity contribution is 5.71. The van der Waals surface area contributed by atoms with E-state index in [0.717, 1.165) is 6.42 Å². The van der Waals surface area contributed by atoms with Crippen LogP contribution in [0.15, 0.2) is 0 Å². The van der Waals surface area contributed by atoms with Crippen molar-refractivity contribution in [3.63, 3.8) is 0 Å². The maximum absolute atomic E-state index is 10.9. The van der Waals surface area contributed by atoms with Gasteiger partial charge in [0.1, 0.15) is 0 Å². The molecule has 0 aromatic heterocycles. The summed E-state index contributed by atoms with van der Waals surface area (Å²) in [5.74, 6) is -0.573. The van der Waals surface area contributed by atoms with Gasteiger partial charge in [0, 0.05) is 6.42 Å². The molecule has 4 unspecified atom stereocenters. The van der Waals surface area contributed by atoms with Crippen molar-refractivity contribution in [3.05, 3.63) is 0 Å². The number of carboxylic acid groups (broad SMARTS) is 1. The van der Waals surface area contributed by atoms with Gasteiger partial charge in [-0.3, -0.25) is 4.79 Å².